The van der Waals surface area contributed by atoms with Crippen molar-refractivity contribution in [2.24, 2.45) is 0 Å². The molecule has 0 saturated heterocycles. The van der Waals surface area contributed by atoms with Crippen molar-refractivity contribution < 1.29 is 0 Å². The summed E-state index contributed by atoms with van der Waals surface area (Å²) in [4.78, 5) is 20.5. The summed E-state index contributed by atoms with van der Waals surface area (Å²) in [5.74, 6) is 1.87. The van der Waals surface area contributed by atoms with Gasteiger partial charge in [-0.1, -0.05) is 158 Å². The maximum atomic E-state index is 5.28. The summed E-state index contributed by atoms with van der Waals surface area (Å²) in [5.41, 5.74) is 11.4. The molecule has 5 nitrogen and oxygen atoms in total. The lowest BCUT2D eigenvalue weighted by atomic mass is 9.98. The number of para-hydroxylation sites is 3. The van der Waals surface area contributed by atoms with E-state index in [4.69, 9.17) is 19.9 Å². The Bertz CT molecular complexity index is 3550. The zero-order chi connectivity index (χ0) is 39.6. The first kappa shape index (κ1) is 34.3. The Hall–Kier alpha value is -7.80. The Kier molecular flexibility index (Phi) is 7.96. The van der Waals surface area contributed by atoms with Crippen LogP contribution in [0, 0.1) is 0 Å². The van der Waals surface area contributed by atoms with Crippen LogP contribution in [0.2, 0.25) is 0 Å². The van der Waals surface area contributed by atoms with Gasteiger partial charge >= 0.3 is 0 Å². The summed E-state index contributed by atoms with van der Waals surface area (Å²) in [7, 11) is 0. The van der Waals surface area contributed by atoms with Crippen molar-refractivity contribution in [3.05, 3.63) is 200 Å². The topological polar surface area (TPSA) is 56.5 Å². The molecule has 0 atom stereocenters. The minimum atomic E-state index is 0.619. The van der Waals surface area contributed by atoms with E-state index in [0.717, 1.165) is 61.3 Å². The summed E-state index contributed by atoms with van der Waals surface area (Å²) >= 11 is 1.84. The molecule has 0 N–H and O–H groups in total. The van der Waals surface area contributed by atoms with Gasteiger partial charge in [-0.15, -0.1) is 11.3 Å². The van der Waals surface area contributed by atoms with Gasteiger partial charge in [-0.2, -0.15) is 0 Å². The van der Waals surface area contributed by atoms with Gasteiger partial charge in [-0.3, -0.25) is 0 Å². The molecular formula is C54H33N5S. The first-order chi connectivity index (χ1) is 29.7. The van der Waals surface area contributed by atoms with E-state index in [0.29, 0.717) is 17.5 Å². The third-order valence-electron chi connectivity index (χ3n) is 11.4. The summed E-state index contributed by atoms with van der Waals surface area (Å²) < 4.78 is 4.87. The minimum Gasteiger partial charge on any atom is -0.309 e. The third kappa shape index (κ3) is 5.69. The number of pyridine rings is 1. The van der Waals surface area contributed by atoms with Gasteiger partial charge in [0.25, 0.3) is 0 Å². The summed E-state index contributed by atoms with van der Waals surface area (Å²) in [6, 6.07) is 70.2. The van der Waals surface area contributed by atoms with Gasteiger partial charge < -0.3 is 4.57 Å². The second kappa shape index (κ2) is 13.9. The SMILES string of the molecule is c1ccc(-c2nc(-c3ccc(-c4cccc(-c5nc6ccccc6c6sc7ccccc7c56)c4)cc3)nc(-c3cccc(-n4c5ccccc5c5ccccc54)c3)n2)cc1. The van der Waals surface area contributed by atoms with Gasteiger partial charge in [0.2, 0.25) is 0 Å². The highest BCUT2D eigenvalue weighted by Gasteiger charge is 2.18. The van der Waals surface area contributed by atoms with Crippen molar-refractivity contribution in [3.8, 4) is 62.2 Å². The number of nitrogens with zero attached hydrogens (tertiary/aromatic N) is 5. The monoisotopic (exact) mass is 783 g/mol. The lowest BCUT2D eigenvalue weighted by Gasteiger charge is -2.12. The molecule has 6 heteroatoms. The maximum absolute atomic E-state index is 5.28. The van der Waals surface area contributed by atoms with Crippen molar-refractivity contribution in [2.45, 2.75) is 0 Å². The second-order valence-electron chi connectivity index (χ2n) is 15.0. The second-order valence-corrected chi connectivity index (χ2v) is 16.1. The molecule has 12 aromatic rings. The molecule has 0 aliphatic rings. The highest BCUT2D eigenvalue weighted by molar-refractivity contribution is 7.26. The number of aromatic nitrogens is 5. The molecule has 0 amide bonds. The van der Waals surface area contributed by atoms with Gasteiger partial charge in [0.05, 0.1) is 22.2 Å². The Balaban J connectivity index is 0.946. The van der Waals surface area contributed by atoms with E-state index in [9.17, 15) is 0 Å². The van der Waals surface area contributed by atoms with E-state index < -0.39 is 0 Å². The fraction of sp³-hybridized carbons (Fsp3) is 0. The normalized spacial score (nSPS) is 11.7. The van der Waals surface area contributed by atoms with Crippen LogP contribution in [-0.2, 0) is 0 Å². The summed E-state index contributed by atoms with van der Waals surface area (Å²) in [6.07, 6.45) is 0. The predicted molar refractivity (Wildman–Crippen MR) is 250 cm³/mol. The molecule has 280 valence electrons. The highest BCUT2D eigenvalue weighted by Crippen LogP contribution is 2.43. The van der Waals surface area contributed by atoms with E-state index >= 15 is 0 Å². The van der Waals surface area contributed by atoms with Crippen LogP contribution in [0.1, 0.15) is 0 Å². The number of hydrogen-bond donors (Lipinski definition) is 0. The van der Waals surface area contributed by atoms with E-state index in [1.54, 1.807) is 0 Å². The average molecular weight is 784 g/mol. The molecule has 8 aromatic carbocycles. The van der Waals surface area contributed by atoms with Crippen LogP contribution in [0.5, 0.6) is 0 Å². The largest absolute Gasteiger partial charge is 0.309 e. The molecule has 0 aliphatic carbocycles. The fourth-order valence-corrected chi connectivity index (χ4v) is 9.85. The highest BCUT2D eigenvalue weighted by atomic mass is 32.1. The predicted octanol–water partition coefficient (Wildman–Crippen LogP) is 14.2. The third-order valence-corrected chi connectivity index (χ3v) is 12.6. The van der Waals surface area contributed by atoms with Crippen LogP contribution in [0.25, 0.3) is 115 Å². The van der Waals surface area contributed by atoms with Gasteiger partial charge in [0, 0.05) is 64.3 Å². The Labute approximate surface area is 349 Å². The first-order valence-electron chi connectivity index (χ1n) is 20.1. The standard InChI is InChI=1S/C54H33N5S/c1-2-14-35(15-3-1)52-56-53(58-54(57-52)39-18-13-19-40(33-39)59-46-25-9-5-20-41(46)42-21-6-10-26-47(42)59)36-30-28-34(29-31-36)37-16-12-17-38(32-37)50-49-44-23-7-11-27-48(44)60-51(49)43-22-4-8-24-45(43)55-50/h1-33H. The molecule has 12 rings (SSSR count). The van der Waals surface area contributed by atoms with E-state index in [1.807, 2.05) is 41.7 Å². The number of benzene rings is 8. The molecule has 0 bridgehead atoms. The quantitative estimate of drug-likeness (QED) is 0.169. The van der Waals surface area contributed by atoms with Crippen molar-refractivity contribution >= 4 is 64.2 Å². The van der Waals surface area contributed by atoms with Crippen LogP contribution >= 0.6 is 11.3 Å². The number of rotatable bonds is 6. The van der Waals surface area contributed by atoms with Gasteiger partial charge in [-0.25, -0.2) is 19.9 Å². The van der Waals surface area contributed by atoms with Crippen molar-refractivity contribution in [1.29, 1.82) is 0 Å². The van der Waals surface area contributed by atoms with Gasteiger partial charge in [-0.05, 0) is 53.6 Å². The van der Waals surface area contributed by atoms with Gasteiger partial charge in [0.1, 0.15) is 0 Å². The first-order valence-corrected chi connectivity index (χ1v) is 20.9. The Morgan fingerprint density at radius 2 is 0.883 bits per heavy atom. The molecule has 0 unspecified atom stereocenters. The van der Waals surface area contributed by atoms with E-state index in [-0.39, 0.29) is 0 Å². The zero-order valence-electron chi connectivity index (χ0n) is 32.2. The number of hydrogen-bond acceptors (Lipinski definition) is 5. The van der Waals surface area contributed by atoms with E-state index in [2.05, 4.69) is 174 Å². The van der Waals surface area contributed by atoms with Crippen molar-refractivity contribution in [1.82, 2.24) is 24.5 Å². The molecule has 0 aliphatic heterocycles. The molecule has 0 spiro atoms. The number of thiophene rings is 1. The molecule has 60 heavy (non-hydrogen) atoms. The number of fused-ring (bicyclic) bond motifs is 8. The minimum absolute atomic E-state index is 0.619. The van der Waals surface area contributed by atoms with Crippen molar-refractivity contribution in [3.63, 3.8) is 0 Å². The molecular weight excluding hydrogens is 751 g/mol. The van der Waals surface area contributed by atoms with Crippen LogP contribution < -0.4 is 0 Å². The van der Waals surface area contributed by atoms with Crippen LogP contribution in [0.3, 0.4) is 0 Å². The Morgan fingerprint density at radius 3 is 1.63 bits per heavy atom. The van der Waals surface area contributed by atoms with Gasteiger partial charge in [0.15, 0.2) is 17.5 Å². The Morgan fingerprint density at radius 1 is 0.350 bits per heavy atom. The fourth-order valence-electron chi connectivity index (χ4n) is 8.61. The zero-order valence-corrected chi connectivity index (χ0v) is 33.0. The average Bonchev–Trinajstić information content (AvgIpc) is 3.88. The molecule has 0 fully saturated rings. The maximum Gasteiger partial charge on any atom is 0.164 e. The molecule has 0 saturated carbocycles. The summed E-state index contributed by atoms with van der Waals surface area (Å²) in [5, 5.41) is 6.09. The van der Waals surface area contributed by atoms with Crippen molar-refractivity contribution in [2.75, 3.05) is 0 Å². The smallest absolute Gasteiger partial charge is 0.164 e. The van der Waals surface area contributed by atoms with Crippen LogP contribution in [0.15, 0.2) is 200 Å². The lowest BCUT2D eigenvalue weighted by Crippen LogP contribution is -2.01. The van der Waals surface area contributed by atoms with Crippen LogP contribution in [0.4, 0.5) is 0 Å². The molecule has 4 aromatic heterocycles. The van der Waals surface area contributed by atoms with E-state index in [1.165, 1.54) is 36.3 Å². The lowest BCUT2D eigenvalue weighted by molar-refractivity contribution is 1.07. The van der Waals surface area contributed by atoms with Crippen LogP contribution in [-0.4, -0.2) is 24.5 Å². The summed E-state index contributed by atoms with van der Waals surface area (Å²) in [6.45, 7) is 0. The molecule has 4 heterocycles. The molecule has 0 radical (unpaired) electrons.